The van der Waals surface area contributed by atoms with E-state index in [1.165, 1.54) is 0 Å². The molecule has 0 saturated carbocycles. The number of nitriles is 3. The summed E-state index contributed by atoms with van der Waals surface area (Å²) < 4.78 is 4.89. The smallest absolute Gasteiger partial charge is 0.338 e. The first-order valence-electron chi connectivity index (χ1n) is 6.06. The van der Waals surface area contributed by atoms with E-state index in [9.17, 15) is 4.79 Å². The molecule has 6 nitrogen and oxygen atoms in total. The van der Waals surface area contributed by atoms with Gasteiger partial charge in [0.15, 0.2) is 5.57 Å². The van der Waals surface area contributed by atoms with Crippen LogP contribution in [0, 0.1) is 40.9 Å². The van der Waals surface area contributed by atoms with Crippen molar-refractivity contribution in [2.75, 3.05) is 11.9 Å². The molecule has 0 unspecified atom stereocenters. The van der Waals surface area contributed by atoms with Gasteiger partial charge in [0.25, 0.3) is 0 Å². The van der Waals surface area contributed by atoms with E-state index in [1.54, 1.807) is 50.3 Å². The Bertz CT molecular complexity index is 699. The second-order valence-corrected chi connectivity index (χ2v) is 3.96. The summed E-state index contributed by atoms with van der Waals surface area (Å²) in [6.45, 7) is 3.74. The summed E-state index contributed by atoms with van der Waals surface area (Å²) in [6, 6.07) is 9.80. The first kappa shape index (κ1) is 15.8. The fraction of sp³-hybridized carbons (Fsp3) is 0.200. The molecule has 0 aliphatic rings. The molecule has 0 bridgehead atoms. The molecule has 1 N–H and O–H groups in total. The van der Waals surface area contributed by atoms with Crippen molar-refractivity contribution >= 4 is 11.7 Å². The predicted octanol–water partition coefficient (Wildman–Crippen LogP) is 2.41. The van der Waals surface area contributed by atoms with Gasteiger partial charge in [-0.05, 0) is 37.6 Å². The molecule has 1 rings (SSSR count). The largest absolute Gasteiger partial charge is 0.462 e. The summed E-state index contributed by atoms with van der Waals surface area (Å²) in [5.41, 5.74) is 1.17. The Balaban J connectivity index is 3.11. The summed E-state index contributed by atoms with van der Waals surface area (Å²) in [6.07, 6.45) is 0. The van der Waals surface area contributed by atoms with Crippen LogP contribution in [0.2, 0.25) is 0 Å². The maximum Gasteiger partial charge on any atom is 0.338 e. The van der Waals surface area contributed by atoms with Crippen molar-refractivity contribution in [1.82, 2.24) is 0 Å². The molecule has 0 amide bonds. The Hall–Kier alpha value is -3.30. The zero-order chi connectivity index (χ0) is 15.8. The standard InChI is InChI=1S/C15H12N4O2/c1-3-21-15(20)11-4-5-13(10(2)6-11)19-14(9-18)12(7-16)8-17/h4-6,19H,3H2,1-2H3. The lowest BCUT2D eigenvalue weighted by Gasteiger charge is -2.10. The maximum atomic E-state index is 11.6. The van der Waals surface area contributed by atoms with Crippen molar-refractivity contribution in [3.63, 3.8) is 0 Å². The third-order valence-electron chi connectivity index (χ3n) is 2.58. The average Bonchev–Trinajstić information content (AvgIpc) is 2.49. The number of nitrogens with zero attached hydrogens (tertiary/aromatic N) is 3. The molecule has 0 saturated heterocycles. The van der Waals surface area contributed by atoms with Gasteiger partial charge in [0.05, 0.1) is 12.2 Å². The van der Waals surface area contributed by atoms with E-state index in [-0.39, 0.29) is 17.9 Å². The molecule has 0 atom stereocenters. The van der Waals surface area contributed by atoms with Crippen LogP contribution >= 0.6 is 0 Å². The van der Waals surface area contributed by atoms with Crippen LogP contribution in [0.5, 0.6) is 0 Å². The minimum atomic E-state index is -0.432. The monoisotopic (exact) mass is 280 g/mol. The van der Waals surface area contributed by atoms with Gasteiger partial charge in [0.1, 0.15) is 23.9 Å². The molecule has 0 aliphatic heterocycles. The van der Waals surface area contributed by atoms with E-state index in [0.29, 0.717) is 16.8 Å². The normalized spacial score (nSPS) is 8.71. The van der Waals surface area contributed by atoms with Gasteiger partial charge in [0.2, 0.25) is 0 Å². The maximum absolute atomic E-state index is 11.6. The van der Waals surface area contributed by atoms with E-state index in [2.05, 4.69) is 5.32 Å². The number of hydrogen-bond donors (Lipinski definition) is 1. The number of rotatable bonds is 4. The average molecular weight is 280 g/mol. The van der Waals surface area contributed by atoms with Crippen molar-refractivity contribution in [3.05, 3.63) is 40.6 Å². The van der Waals surface area contributed by atoms with E-state index in [4.69, 9.17) is 20.5 Å². The van der Waals surface area contributed by atoms with Crippen molar-refractivity contribution in [2.45, 2.75) is 13.8 Å². The van der Waals surface area contributed by atoms with E-state index < -0.39 is 5.97 Å². The molecular formula is C15H12N4O2. The molecule has 0 heterocycles. The Kier molecular flexibility index (Phi) is 5.50. The van der Waals surface area contributed by atoms with Crippen LogP contribution in [0.4, 0.5) is 5.69 Å². The summed E-state index contributed by atoms with van der Waals surface area (Å²) in [5, 5.41) is 29.2. The minimum absolute atomic E-state index is 0.132. The molecule has 0 spiro atoms. The molecule has 1 aromatic carbocycles. The lowest BCUT2D eigenvalue weighted by Crippen LogP contribution is -2.07. The van der Waals surface area contributed by atoms with Gasteiger partial charge in [-0.3, -0.25) is 0 Å². The van der Waals surface area contributed by atoms with E-state index >= 15 is 0 Å². The van der Waals surface area contributed by atoms with E-state index in [1.807, 2.05) is 0 Å². The number of nitrogens with one attached hydrogen (secondary N) is 1. The Morgan fingerprint density at radius 2 is 1.90 bits per heavy atom. The van der Waals surface area contributed by atoms with Gasteiger partial charge in [-0.1, -0.05) is 0 Å². The number of benzene rings is 1. The second kappa shape index (κ2) is 7.33. The van der Waals surface area contributed by atoms with Crippen molar-refractivity contribution in [1.29, 1.82) is 15.8 Å². The van der Waals surface area contributed by atoms with Gasteiger partial charge in [0, 0.05) is 5.69 Å². The molecule has 6 heteroatoms. The third kappa shape index (κ3) is 3.83. The zero-order valence-corrected chi connectivity index (χ0v) is 11.6. The van der Waals surface area contributed by atoms with Crippen LogP contribution in [0.1, 0.15) is 22.8 Å². The SMILES string of the molecule is CCOC(=O)c1ccc(NC(C#N)=C(C#N)C#N)c(C)c1. The molecule has 0 aliphatic carbocycles. The number of anilines is 1. The third-order valence-corrected chi connectivity index (χ3v) is 2.58. The van der Waals surface area contributed by atoms with Gasteiger partial charge < -0.3 is 10.1 Å². The van der Waals surface area contributed by atoms with Crippen LogP contribution in [0.3, 0.4) is 0 Å². The van der Waals surface area contributed by atoms with Crippen LogP contribution in [0.25, 0.3) is 0 Å². The first-order chi connectivity index (χ1) is 10.1. The highest BCUT2D eigenvalue weighted by molar-refractivity contribution is 5.90. The highest BCUT2D eigenvalue weighted by Crippen LogP contribution is 2.19. The van der Waals surface area contributed by atoms with Crippen LogP contribution < -0.4 is 5.32 Å². The quantitative estimate of drug-likeness (QED) is 0.669. The second-order valence-electron chi connectivity index (χ2n) is 3.96. The van der Waals surface area contributed by atoms with Crippen molar-refractivity contribution < 1.29 is 9.53 Å². The van der Waals surface area contributed by atoms with Crippen LogP contribution in [-0.2, 0) is 4.74 Å². The summed E-state index contributed by atoms with van der Waals surface area (Å²) >= 11 is 0. The van der Waals surface area contributed by atoms with Gasteiger partial charge in [-0.2, -0.15) is 15.8 Å². The fourth-order valence-corrected chi connectivity index (χ4v) is 1.56. The zero-order valence-electron chi connectivity index (χ0n) is 11.6. The molecule has 0 aromatic heterocycles. The highest BCUT2D eigenvalue weighted by Gasteiger charge is 2.11. The number of hydrogen-bond acceptors (Lipinski definition) is 6. The molecule has 0 fully saturated rings. The summed E-state index contributed by atoms with van der Waals surface area (Å²) in [4.78, 5) is 11.6. The molecule has 1 aromatic rings. The number of ether oxygens (including phenoxy) is 1. The topological polar surface area (TPSA) is 110 Å². The van der Waals surface area contributed by atoms with Gasteiger partial charge in [-0.15, -0.1) is 0 Å². The number of allylic oxidation sites excluding steroid dienone is 2. The summed E-state index contributed by atoms with van der Waals surface area (Å²) in [7, 11) is 0. The van der Waals surface area contributed by atoms with Gasteiger partial charge in [-0.25, -0.2) is 4.79 Å². The number of aryl methyl sites for hydroxylation is 1. The summed E-state index contributed by atoms with van der Waals surface area (Å²) in [5.74, 6) is -0.432. The number of carbonyl (C=O) groups is 1. The lowest BCUT2D eigenvalue weighted by atomic mass is 10.1. The van der Waals surface area contributed by atoms with Gasteiger partial charge >= 0.3 is 5.97 Å². The van der Waals surface area contributed by atoms with Crippen LogP contribution in [-0.4, -0.2) is 12.6 Å². The van der Waals surface area contributed by atoms with Crippen molar-refractivity contribution in [2.24, 2.45) is 0 Å². The van der Waals surface area contributed by atoms with Crippen LogP contribution in [0.15, 0.2) is 29.5 Å². The van der Waals surface area contributed by atoms with E-state index in [0.717, 1.165) is 0 Å². The molecule has 21 heavy (non-hydrogen) atoms. The Morgan fingerprint density at radius 1 is 1.24 bits per heavy atom. The Labute approximate surface area is 122 Å². The lowest BCUT2D eigenvalue weighted by molar-refractivity contribution is 0.0526. The molecular weight excluding hydrogens is 268 g/mol. The molecule has 0 radical (unpaired) electrons. The number of esters is 1. The predicted molar refractivity (Wildman–Crippen MR) is 74.6 cm³/mol. The fourth-order valence-electron chi connectivity index (χ4n) is 1.56. The Morgan fingerprint density at radius 3 is 2.38 bits per heavy atom. The van der Waals surface area contributed by atoms with Crippen molar-refractivity contribution in [3.8, 4) is 18.2 Å². The molecule has 104 valence electrons. The first-order valence-corrected chi connectivity index (χ1v) is 6.06. The minimum Gasteiger partial charge on any atom is -0.462 e. The highest BCUT2D eigenvalue weighted by atomic mass is 16.5. The number of carbonyl (C=O) groups excluding carboxylic acids is 1.